The Hall–Kier alpha value is -4.20. The van der Waals surface area contributed by atoms with Crippen LogP contribution >= 0.6 is 0 Å². The summed E-state index contributed by atoms with van der Waals surface area (Å²) in [4.78, 5) is 17.6. The van der Waals surface area contributed by atoms with E-state index in [1.54, 1.807) is 54.5 Å². The molecule has 0 radical (unpaired) electrons. The SMILES string of the molecule is COc1cc(C(=NN)c2cccn(C(C)c3ccc(F)cc3)c2=O)ccc1-n1cnc(C)c1. The van der Waals surface area contributed by atoms with Crippen molar-refractivity contribution in [3.05, 3.63) is 112 Å². The van der Waals surface area contributed by atoms with E-state index in [9.17, 15) is 9.18 Å². The standard InChI is InChI=1S/C25H24FN5O2/c1-16-14-30(15-28-16)22-11-8-19(13-23(22)33-3)24(29-27)21-5-4-12-31(25(21)32)17(2)18-6-9-20(26)10-7-18/h4-15,17H,27H2,1-3H3. The lowest BCUT2D eigenvalue weighted by Crippen LogP contribution is -2.29. The molecule has 4 rings (SSSR count). The third kappa shape index (κ3) is 4.27. The van der Waals surface area contributed by atoms with E-state index in [0.717, 1.165) is 16.9 Å². The van der Waals surface area contributed by atoms with E-state index in [2.05, 4.69) is 10.1 Å². The highest BCUT2D eigenvalue weighted by Gasteiger charge is 2.18. The molecule has 0 aliphatic carbocycles. The molecule has 2 N–H and O–H groups in total. The number of hydrogen-bond donors (Lipinski definition) is 1. The van der Waals surface area contributed by atoms with Crippen LogP contribution in [0, 0.1) is 12.7 Å². The summed E-state index contributed by atoms with van der Waals surface area (Å²) < 4.78 is 22.3. The summed E-state index contributed by atoms with van der Waals surface area (Å²) in [7, 11) is 1.57. The number of hydrogen-bond acceptors (Lipinski definition) is 5. The van der Waals surface area contributed by atoms with Gasteiger partial charge in [0.05, 0.1) is 36.4 Å². The van der Waals surface area contributed by atoms with Crippen LogP contribution in [-0.2, 0) is 0 Å². The Labute approximate surface area is 190 Å². The van der Waals surface area contributed by atoms with Crippen molar-refractivity contribution in [1.82, 2.24) is 14.1 Å². The lowest BCUT2D eigenvalue weighted by molar-refractivity contribution is 0.413. The van der Waals surface area contributed by atoms with Gasteiger partial charge in [0, 0.05) is 18.0 Å². The molecule has 0 saturated heterocycles. The molecular weight excluding hydrogens is 421 g/mol. The monoisotopic (exact) mass is 445 g/mol. The second-order valence-corrected chi connectivity index (χ2v) is 7.65. The second-order valence-electron chi connectivity index (χ2n) is 7.65. The van der Waals surface area contributed by atoms with Crippen LogP contribution in [0.3, 0.4) is 0 Å². The topological polar surface area (TPSA) is 87.4 Å². The lowest BCUT2D eigenvalue weighted by Gasteiger charge is -2.17. The van der Waals surface area contributed by atoms with Gasteiger partial charge in [-0.1, -0.05) is 18.2 Å². The zero-order valence-electron chi connectivity index (χ0n) is 18.6. The molecule has 2 aromatic heterocycles. The van der Waals surface area contributed by atoms with Crippen molar-refractivity contribution in [2.24, 2.45) is 10.9 Å². The molecule has 0 aliphatic heterocycles. The number of imidazole rings is 1. The van der Waals surface area contributed by atoms with E-state index < -0.39 is 0 Å². The number of aromatic nitrogens is 3. The van der Waals surface area contributed by atoms with Gasteiger partial charge in [-0.3, -0.25) is 4.79 Å². The van der Waals surface area contributed by atoms with Crippen molar-refractivity contribution in [1.29, 1.82) is 0 Å². The molecule has 0 saturated carbocycles. The lowest BCUT2D eigenvalue weighted by atomic mass is 10.0. The van der Waals surface area contributed by atoms with Crippen molar-refractivity contribution >= 4 is 5.71 Å². The number of aryl methyl sites for hydroxylation is 1. The zero-order chi connectivity index (χ0) is 23.5. The van der Waals surface area contributed by atoms with Crippen LogP contribution in [0.2, 0.25) is 0 Å². The molecule has 0 spiro atoms. The van der Waals surface area contributed by atoms with Crippen molar-refractivity contribution in [2.75, 3.05) is 7.11 Å². The molecule has 0 amide bonds. The Morgan fingerprint density at radius 1 is 1.18 bits per heavy atom. The summed E-state index contributed by atoms with van der Waals surface area (Å²) in [6.45, 7) is 3.78. The molecule has 4 aromatic rings. The van der Waals surface area contributed by atoms with E-state index >= 15 is 0 Å². The highest BCUT2D eigenvalue weighted by atomic mass is 19.1. The van der Waals surface area contributed by atoms with Gasteiger partial charge in [-0.25, -0.2) is 9.37 Å². The summed E-state index contributed by atoms with van der Waals surface area (Å²) in [5.74, 6) is 6.00. The third-order valence-corrected chi connectivity index (χ3v) is 5.57. The predicted octanol–water partition coefficient (Wildman–Crippen LogP) is 3.81. The molecule has 0 aliphatic rings. The van der Waals surface area contributed by atoms with E-state index in [-0.39, 0.29) is 17.4 Å². The number of nitrogens with zero attached hydrogens (tertiary/aromatic N) is 4. The molecule has 1 atom stereocenters. The van der Waals surface area contributed by atoms with Crippen molar-refractivity contribution < 1.29 is 9.13 Å². The Kier molecular flexibility index (Phi) is 6.08. The quantitative estimate of drug-likeness (QED) is 0.278. The smallest absolute Gasteiger partial charge is 0.260 e. The third-order valence-electron chi connectivity index (χ3n) is 5.57. The fourth-order valence-corrected chi connectivity index (χ4v) is 3.79. The van der Waals surface area contributed by atoms with Gasteiger partial charge in [0.25, 0.3) is 5.56 Å². The highest BCUT2D eigenvalue weighted by molar-refractivity contribution is 6.12. The predicted molar refractivity (Wildman–Crippen MR) is 126 cm³/mol. The molecule has 33 heavy (non-hydrogen) atoms. The van der Waals surface area contributed by atoms with Crippen LogP contribution < -0.4 is 16.1 Å². The van der Waals surface area contributed by atoms with Crippen LogP contribution in [-0.4, -0.2) is 26.9 Å². The molecule has 8 heteroatoms. The molecular formula is C25H24FN5O2. The first-order valence-electron chi connectivity index (χ1n) is 10.4. The minimum atomic E-state index is -0.326. The highest BCUT2D eigenvalue weighted by Crippen LogP contribution is 2.26. The molecule has 0 bridgehead atoms. The first kappa shape index (κ1) is 22.0. The van der Waals surface area contributed by atoms with Gasteiger partial charge in [-0.05, 0) is 55.8 Å². The average molecular weight is 445 g/mol. The fourth-order valence-electron chi connectivity index (χ4n) is 3.79. The van der Waals surface area contributed by atoms with E-state index in [0.29, 0.717) is 22.6 Å². The van der Waals surface area contributed by atoms with Gasteiger partial charge in [0.15, 0.2) is 0 Å². The Morgan fingerprint density at radius 3 is 2.58 bits per heavy atom. The summed E-state index contributed by atoms with van der Waals surface area (Å²) in [6, 6.07) is 14.7. The maximum absolute atomic E-state index is 13.4. The van der Waals surface area contributed by atoms with Crippen molar-refractivity contribution in [3.8, 4) is 11.4 Å². The minimum Gasteiger partial charge on any atom is -0.495 e. The number of ether oxygens (including phenoxy) is 1. The van der Waals surface area contributed by atoms with Crippen LogP contribution in [0.15, 0.2) is 83.2 Å². The molecule has 168 valence electrons. The second kappa shape index (κ2) is 9.12. The molecule has 1 unspecified atom stereocenters. The summed E-state index contributed by atoms with van der Waals surface area (Å²) in [5.41, 5.74) is 3.56. The maximum atomic E-state index is 13.4. The summed E-state index contributed by atoms with van der Waals surface area (Å²) in [6.07, 6.45) is 5.29. The van der Waals surface area contributed by atoms with E-state index in [1.165, 1.54) is 12.1 Å². The normalized spacial score (nSPS) is 12.5. The van der Waals surface area contributed by atoms with Gasteiger partial charge >= 0.3 is 0 Å². The first-order chi connectivity index (χ1) is 15.9. The van der Waals surface area contributed by atoms with Gasteiger partial charge in [-0.15, -0.1) is 0 Å². The van der Waals surface area contributed by atoms with Crippen molar-refractivity contribution in [2.45, 2.75) is 19.9 Å². The first-order valence-corrected chi connectivity index (χ1v) is 10.4. The maximum Gasteiger partial charge on any atom is 0.260 e. The van der Waals surface area contributed by atoms with E-state index in [1.807, 2.05) is 36.7 Å². The Balaban J connectivity index is 1.75. The van der Waals surface area contributed by atoms with Crippen LogP contribution in [0.25, 0.3) is 5.69 Å². The number of nitrogens with two attached hydrogens (primary N) is 1. The molecule has 7 nitrogen and oxygen atoms in total. The number of benzene rings is 2. The molecule has 0 fully saturated rings. The number of rotatable bonds is 6. The number of halogens is 1. The summed E-state index contributed by atoms with van der Waals surface area (Å²) >= 11 is 0. The van der Waals surface area contributed by atoms with Gasteiger partial charge in [-0.2, -0.15) is 5.10 Å². The minimum absolute atomic E-state index is 0.258. The van der Waals surface area contributed by atoms with E-state index in [4.69, 9.17) is 10.6 Å². The van der Waals surface area contributed by atoms with Crippen LogP contribution in [0.4, 0.5) is 4.39 Å². The largest absolute Gasteiger partial charge is 0.495 e. The number of hydrazone groups is 1. The molecule has 2 heterocycles. The number of methoxy groups -OCH3 is 1. The number of pyridine rings is 1. The Morgan fingerprint density at radius 2 is 1.94 bits per heavy atom. The Bertz CT molecular complexity index is 1370. The van der Waals surface area contributed by atoms with Gasteiger partial charge < -0.3 is 19.7 Å². The van der Waals surface area contributed by atoms with Crippen LogP contribution in [0.5, 0.6) is 5.75 Å². The van der Waals surface area contributed by atoms with Gasteiger partial charge in [0.1, 0.15) is 17.3 Å². The van der Waals surface area contributed by atoms with Crippen molar-refractivity contribution in [3.63, 3.8) is 0 Å². The average Bonchev–Trinajstić information content (AvgIpc) is 3.26. The zero-order valence-corrected chi connectivity index (χ0v) is 18.6. The van der Waals surface area contributed by atoms with Crippen LogP contribution in [0.1, 0.15) is 35.3 Å². The summed E-state index contributed by atoms with van der Waals surface area (Å²) in [5, 5.41) is 3.94. The molecule has 2 aromatic carbocycles. The van der Waals surface area contributed by atoms with Gasteiger partial charge in [0.2, 0.25) is 0 Å². The fraction of sp³-hybridized carbons (Fsp3) is 0.160.